The van der Waals surface area contributed by atoms with Crippen molar-refractivity contribution in [2.24, 2.45) is 0 Å². The van der Waals surface area contributed by atoms with Crippen LogP contribution in [0.3, 0.4) is 0 Å². The third-order valence-corrected chi connectivity index (χ3v) is 3.97. The molecule has 1 aromatic rings. The van der Waals surface area contributed by atoms with Crippen LogP contribution in [0.25, 0.3) is 0 Å². The van der Waals surface area contributed by atoms with E-state index in [9.17, 15) is 4.79 Å². The normalized spacial score (nSPS) is 21.9. The molecule has 1 aromatic carbocycles. The maximum absolute atomic E-state index is 12.6. The molecule has 1 saturated heterocycles. The summed E-state index contributed by atoms with van der Waals surface area (Å²) in [4.78, 5) is 12.6. The molecule has 4 nitrogen and oxygen atoms in total. The number of anilines is 1. The van der Waals surface area contributed by atoms with Crippen LogP contribution in [0, 0.1) is 6.92 Å². The minimum Gasteiger partial charge on any atom is -0.491 e. The van der Waals surface area contributed by atoms with Crippen LogP contribution in [0.5, 0.6) is 5.75 Å². The summed E-state index contributed by atoms with van der Waals surface area (Å²) < 4.78 is 5.75. The monoisotopic (exact) mass is 290 g/mol. The zero-order valence-electron chi connectivity index (χ0n) is 13.3. The molecule has 1 amide bonds. The van der Waals surface area contributed by atoms with Crippen molar-refractivity contribution in [2.45, 2.75) is 52.0 Å². The highest BCUT2D eigenvalue weighted by atomic mass is 16.5. The first-order valence-corrected chi connectivity index (χ1v) is 7.85. The molecule has 0 aromatic heterocycles. The molecule has 0 spiro atoms. The number of rotatable bonds is 5. The maximum atomic E-state index is 12.6. The van der Waals surface area contributed by atoms with Gasteiger partial charge in [-0.1, -0.05) is 13.0 Å². The molecule has 2 rings (SSSR count). The second-order valence-corrected chi connectivity index (χ2v) is 6.02. The Morgan fingerprint density at radius 2 is 2.24 bits per heavy atom. The quantitative estimate of drug-likeness (QED) is 0.875. The standard InChI is InChI=1S/C17H26N2O2/c1-4-11-21-15-12-13(2)7-8-14(15)19-16(20)17(3)9-5-6-10-18-17/h7-8,12,18H,4-6,9-11H2,1-3H3,(H,19,20). The summed E-state index contributed by atoms with van der Waals surface area (Å²) in [5.74, 6) is 0.775. The topological polar surface area (TPSA) is 50.4 Å². The summed E-state index contributed by atoms with van der Waals surface area (Å²) in [6, 6.07) is 5.89. The van der Waals surface area contributed by atoms with Crippen molar-refractivity contribution in [3.63, 3.8) is 0 Å². The van der Waals surface area contributed by atoms with Crippen LogP contribution in [0.15, 0.2) is 18.2 Å². The van der Waals surface area contributed by atoms with Crippen molar-refractivity contribution in [1.82, 2.24) is 5.32 Å². The molecule has 2 N–H and O–H groups in total. The van der Waals surface area contributed by atoms with E-state index in [1.807, 2.05) is 32.0 Å². The third kappa shape index (κ3) is 3.97. The van der Waals surface area contributed by atoms with Crippen molar-refractivity contribution in [3.8, 4) is 5.75 Å². The van der Waals surface area contributed by atoms with Gasteiger partial charge in [-0.15, -0.1) is 0 Å². The Balaban J connectivity index is 2.12. The maximum Gasteiger partial charge on any atom is 0.244 e. The lowest BCUT2D eigenvalue weighted by molar-refractivity contribution is -0.122. The van der Waals surface area contributed by atoms with Gasteiger partial charge in [-0.2, -0.15) is 0 Å². The Hall–Kier alpha value is -1.55. The van der Waals surface area contributed by atoms with Gasteiger partial charge in [0, 0.05) is 0 Å². The largest absolute Gasteiger partial charge is 0.491 e. The van der Waals surface area contributed by atoms with E-state index in [1.54, 1.807) is 0 Å². The number of carbonyl (C=O) groups excluding carboxylic acids is 1. The third-order valence-electron chi connectivity index (χ3n) is 3.97. The van der Waals surface area contributed by atoms with Crippen LogP contribution in [-0.2, 0) is 4.79 Å². The first-order chi connectivity index (χ1) is 10.0. The summed E-state index contributed by atoms with van der Waals surface area (Å²) in [5, 5.41) is 6.37. The molecule has 0 bridgehead atoms. The van der Waals surface area contributed by atoms with E-state index in [-0.39, 0.29) is 5.91 Å². The van der Waals surface area contributed by atoms with E-state index >= 15 is 0 Å². The van der Waals surface area contributed by atoms with Crippen molar-refractivity contribution < 1.29 is 9.53 Å². The molecule has 1 aliphatic heterocycles. The fourth-order valence-corrected chi connectivity index (χ4v) is 2.57. The molecular formula is C17H26N2O2. The smallest absolute Gasteiger partial charge is 0.244 e. The molecule has 0 aliphatic carbocycles. The highest BCUT2D eigenvalue weighted by Crippen LogP contribution is 2.28. The van der Waals surface area contributed by atoms with Gasteiger partial charge in [0.1, 0.15) is 5.75 Å². The molecule has 116 valence electrons. The fraction of sp³-hybridized carbons (Fsp3) is 0.588. The Morgan fingerprint density at radius 1 is 1.43 bits per heavy atom. The van der Waals surface area contributed by atoms with Gasteiger partial charge >= 0.3 is 0 Å². The van der Waals surface area contributed by atoms with Gasteiger partial charge < -0.3 is 15.4 Å². The number of ether oxygens (including phenoxy) is 1. The molecule has 21 heavy (non-hydrogen) atoms. The van der Waals surface area contributed by atoms with Crippen LogP contribution < -0.4 is 15.4 Å². The Labute approximate surface area is 127 Å². The molecule has 0 radical (unpaired) electrons. The van der Waals surface area contributed by atoms with Gasteiger partial charge in [-0.25, -0.2) is 0 Å². The zero-order chi connectivity index (χ0) is 15.3. The van der Waals surface area contributed by atoms with Gasteiger partial charge in [-0.05, 0) is 63.8 Å². The first kappa shape index (κ1) is 15.8. The van der Waals surface area contributed by atoms with E-state index in [4.69, 9.17) is 4.74 Å². The average Bonchev–Trinajstić information content (AvgIpc) is 2.48. The average molecular weight is 290 g/mol. The first-order valence-electron chi connectivity index (χ1n) is 7.85. The summed E-state index contributed by atoms with van der Waals surface area (Å²) in [5.41, 5.74) is 1.40. The number of carbonyl (C=O) groups is 1. The molecule has 1 aliphatic rings. The molecule has 1 heterocycles. The SMILES string of the molecule is CCCOc1cc(C)ccc1NC(=O)C1(C)CCCCN1. The highest BCUT2D eigenvalue weighted by Gasteiger charge is 2.34. The summed E-state index contributed by atoms with van der Waals surface area (Å²) in [6.07, 6.45) is 4.04. The second-order valence-electron chi connectivity index (χ2n) is 6.02. The minimum absolute atomic E-state index is 0.0207. The van der Waals surface area contributed by atoms with Gasteiger partial charge in [0.15, 0.2) is 0 Å². The lowest BCUT2D eigenvalue weighted by Crippen LogP contribution is -2.54. The molecule has 1 unspecified atom stereocenters. The number of hydrogen-bond acceptors (Lipinski definition) is 3. The zero-order valence-corrected chi connectivity index (χ0v) is 13.3. The Bertz CT molecular complexity index is 494. The van der Waals surface area contributed by atoms with E-state index in [2.05, 4.69) is 17.6 Å². The number of aryl methyl sites for hydroxylation is 1. The van der Waals surface area contributed by atoms with Gasteiger partial charge in [0.25, 0.3) is 0 Å². The van der Waals surface area contributed by atoms with Crippen LogP contribution >= 0.6 is 0 Å². The number of benzene rings is 1. The molecule has 1 fully saturated rings. The summed E-state index contributed by atoms with van der Waals surface area (Å²) in [7, 11) is 0. The van der Waals surface area contributed by atoms with Crippen LogP contribution in [0.1, 0.15) is 45.1 Å². The van der Waals surface area contributed by atoms with E-state index in [0.29, 0.717) is 6.61 Å². The van der Waals surface area contributed by atoms with Crippen molar-refractivity contribution >= 4 is 11.6 Å². The molecule has 1 atom stereocenters. The number of piperidine rings is 1. The van der Waals surface area contributed by atoms with E-state index in [0.717, 1.165) is 49.2 Å². The van der Waals surface area contributed by atoms with Crippen LogP contribution in [-0.4, -0.2) is 24.6 Å². The van der Waals surface area contributed by atoms with Crippen molar-refractivity contribution in [3.05, 3.63) is 23.8 Å². The predicted octanol–water partition coefficient (Wildman–Crippen LogP) is 3.25. The second kappa shape index (κ2) is 6.94. The van der Waals surface area contributed by atoms with Crippen LogP contribution in [0.4, 0.5) is 5.69 Å². The summed E-state index contributed by atoms with van der Waals surface area (Å²) >= 11 is 0. The van der Waals surface area contributed by atoms with E-state index < -0.39 is 5.54 Å². The van der Waals surface area contributed by atoms with Gasteiger partial charge in [0.05, 0.1) is 17.8 Å². The summed E-state index contributed by atoms with van der Waals surface area (Å²) in [6.45, 7) is 7.62. The lowest BCUT2D eigenvalue weighted by Gasteiger charge is -2.33. The predicted molar refractivity (Wildman–Crippen MR) is 85.9 cm³/mol. The van der Waals surface area contributed by atoms with Crippen molar-refractivity contribution in [1.29, 1.82) is 0 Å². The Kier molecular flexibility index (Phi) is 5.23. The minimum atomic E-state index is -0.481. The number of amides is 1. The number of hydrogen-bond donors (Lipinski definition) is 2. The van der Waals surface area contributed by atoms with Crippen molar-refractivity contribution in [2.75, 3.05) is 18.5 Å². The number of nitrogens with one attached hydrogen (secondary N) is 2. The van der Waals surface area contributed by atoms with Gasteiger partial charge in [-0.3, -0.25) is 4.79 Å². The molecule has 0 saturated carbocycles. The highest BCUT2D eigenvalue weighted by molar-refractivity contribution is 5.99. The molecule has 4 heteroatoms. The molecular weight excluding hydrogens is 264 g/mol. The fourth-order valence-electron chi connectivity index (χ4n) is 2.57. The lowest BCUT2D eigenvalue weighted by atomic mass is 9.90. The van der Waals surface area contributed by atoms with E-state index in [1.165, 1.54) is 0 Å². The van der Waals surface area contributed by atoms with Gasteiger partial charge in [0.2, 0.25) is 5.91 Å². The Morgan fingerprint density at radius 3 is 2.90 bits per heavy atom. The van der Waals surface area contributed by atoms with Crippen LogP contribution in [0.2, 0.25) is 0 Å².